The lowest BCUT2D eigenvalue weighted by Gasteiger charge is -2.16. The van der Waals surface area contributed by atoms with Crippen LogP contribution in [0.25, 0.3) is 11.1 Å². The molecule has 1 aliphatic rings. The molecule has 0 saturated carbocycles. The number of phenols is 1. The Bertz CT molecular complexity index is 880. The summed E-state index contributed by atoms with van der Waals surface area (Å²) in [7, 11) is -3.96. The van der Waals surface area contributed by atoms with Gasteiger partial charge in [-0.05, 0) is 35.4 Å². The van der Waals surface area contributed by atoms with E-state index < -0.39 is 16.1 Å². The fraction of sp³-hybridized carbons (Fsp3) is 0. The predicted molar refractivity (Wildman–Crippen MR) is 83.8 cm³/mol. The third-order valence-corrected chi connectivity index (χ3v) is 4.63. The van der Waals surface area contributed by atoms with Crippen molar-refractivity contribution < 1.29 is 18.6 Å². The van der Waals surface area contributed by atoms with Crippen LogP contribution in [0.3, 0.4) is 0 Å². The van der Waals surface area contributed by atoms with Gasteiger partial charge in [0.2, 0.25) is 5.88 Å². The van der Waals surface area contributed by atoms with Gasteiger partial charge in [0.25, 0.3) is 0 Å². The molecule has 0 spiro atoms. The normalized spacial score (nSPS) is 16.2. The minimum Gasteiger partial charge on any atom is -0.506 e. The first-order valence-electron chi connectivity index (χ1n) is 6.19. The summed E-state index contributed by atoms with van der Waals surface area (Å²) in [5, 5.41) is 19.8. The van der Waals surface area contributed by atoms with E-state index in [-0.39, 0.29) is 11.4 Å². The zero-order valence-electron chi connectivity index (χ0n) is 11.1. The maximum Gasteiger partial charge on any atom is 0.330 e. The smallest absolute Gasteiger partial charge is 0.330 e. The second-order valence-corrected chi connectivity index (χ2v) is 6.62. The summed E-state index contributed by atoms with van der Waals surface area (Å²) in [6.45, 7) is 0. The first-order valence-corrected chi connectivity index (χ1v) is 8.00. The van der Waals surface area contributed by atoms with E-state index in [2.05, 4.69) is 0 Å². The standard InChI is InChI=1S/C14H11ClN2O4S/c15-11-3-1-2-9(6-11)10-4-5-13(18)12(7-10)17-8-14(19)16-22(17,20)21/h1-8,16,18-19H. The Kier molecular flexibility index (Phi) is 3.38. The highest BCUT2D eigenvalue weighted by Gasteiger charge is 2.30. The Morgan fingerprint density at radius 1 is 1.05 bits per heavy atom. The molecule has 3 N–H and O–H groups in total. The molecule has 1 aliphatic heterocycles. The molecule has 0 aliphatic carbocycles. The van der Waals surface area contributed by atoms with Crippen LogP contribution in [0.5, 0.6) is 5.75 Å². The lowest BCUT2D eigenvalue weighted by Crippen LogP contribution is -2.29. The van der Waals surface area contributed by atoms with Crippen molar-refractivity contribution >= 4 is 27.5 Å². The summed E-state index contributed by atoms with van der Waals surface area (Å²) in [6, 6.07) is 11.5. The number of aliphatic hydroxyl groups excluding tert-OH is 1. The van der Waals surface area contributed by atoms with E-state index >= 15 is 0 Å². The maximum absolute atomic E-state index is 11.9. The molecule has 2 aromatic carbocycles. The third kappa shape index (κ3) is 2.56. The molecule has 114 valence electrons. The lowest BCUT2D eigenvalue weighted by atomic mass is 10.0. The number of nitrogens with zero attached hydrogens (tertiary/aromatic N) is 1. The largest absolute Gasteiger partial charge is 0.506 e. The number of aliphatic hydroxyl groups is 1. The summed E-state index contributed by atoms with van der Waals surface area (Å²) in [5.74, 6) is -0.755. The highest BCUT2D eigenvalue weighted by molar-refractivity contribution is 7.91. The molecule has 6 nitrogen and oxygen atoms in total. The van der Waals surface area contributed by atoms with E-state index in [1.54, 1.807) is 24.3 Å². The highest BCUT2D eigenvalue weighted by Crippen LogP contribution is 2.36. The van der Waals surface area contributed by atoms with Crippen LogP contribution in [0.1, 0.15) is 0 Å². The SMILES string of the molecule is O=S1(=O)NC(O)=CN1c1cc(-c2cccc(Cl)c2)ccc1O. The Morgan fingerprint density at radius 3 is 2.41 bits per heavy atom. The van der Waals surface area contributed by atoms with Crippen molar-refractivity contribution in [2.24, 2.45) is 0 Å². The number of nitrogens with one attached hydrogen (secondary N) is 1. The average Bonchev–Trinajstić information content (AvgIpc) is 2.72. The van der Waals surface area contributed by atoms with Crippen LogP contribution in [-0.4, -0.2) is 18.6 Å². The van der Waals surface area contributed by atoms with Crippen molar-refractivity contribution in [3.05, 3.63) is 59.6 Å². The molecule has 0 aromatic heterocycles. The first kappa shape index (κ1) is 14.6. The van der Waals surface area contributed by atoms with Crippen molar-refractivity contribution in [2.45, 2.75) is 0 Å². The molecule has 0 atom stereocenters. The van der Waals surface area contributed by atoms with Crippen LogP contribution in [0.4, 0.5) is 5.69 Å². The number of halogens is 1. The van der Waals surface area contributed by atoms with Crippen molar-refractivity contribution in [2.75, 3.05) is 4.31 Å². The Balaban J connectivity index is 2.12. The van der Waals surface area contributed by atoms with E-state index in [0.717, 1.165) is 16.1 Å². The van der Waals surface area contributed by atoms with Gasteiger partial charge in [0.05, 0.1) is 6.20 Å². The molecule has 8 heteroatoms. The summed E-state index contributed by atoms with van der Waals surface area (Å²) in [5.41, 5.74) is 1.46. The molecule has 0 unspecified atom stereocenters. The quantitative estimate of drug-likeness (QED) is 0.785. The second kappa shape index (κ2) is 5.11. The van der Waals surface area contributed by atoms with Crippen molar-refractivity contribution in [3.63, 3.8) is 0 Å². The van der Waals surface area contributed by atoms with Crippen molar-refractivity contribution in [1.29, 1.82) is 0 Å². The maximum atomic E-state index is 11.9. The van der Waals surface area contributed by atoms with Crippen LogP contribution in [0.2, 0.25) is 5.02 Å². The van der Waals surface area contributed by atoms with Gasteiger partial charge in [0.1, 0.15) is 11.4 Å². The van der Waals surface area contributed by atoms with Crippen LogP contribution in [0.15, 0.2) is 54.5 Å². The van der Waals surface area contributed by atoms with Gasteiger partial charge in [0.15, 0.2) is 0 Å². The van der Waals surface area contributed by atoms with Gasteiger partial charge >= 0.3 is 10.2 Å². The van der Waals surface area contributed by atoms with Gasteiger partial charge in [0, 0.05) is 5.02 Å². The molecule has 0 fully saturated rings. The molecular formula is C14H11ClN2O4S. The van der Waals surface area contributed by atoms with Crippen LogP contribution < -0.4 is 9.03 Å². The third-order valence-electron chi connectivity index (χ3n) is 3.10. The first-order chi connectivity index (χ1) is 10.4. The zero-order chi connectivity index (χ0) is 15.9. The van der Waals surface area contributed by atoms with E-state index in [4.69, 9.17) is 11.6 Å². The summed E-state index contributed by atoms with van der Waals surface area (Å²) in [6.07, 6.45) is 0.978. The number of phenolic OH excluding ortho intramolecular Hbond substituents is 1. The molecule has 0 bridgehead atoms. The number of hydrogen-bond acceptors (Lipinski definition) is 4. The molecule has 2 aromatic rings. The number of rotatable bonds is 2. The van der Waals surface area contributed by atoms with Crippen molar-refractivity contribution in [3.8, 4) is 16.9 Å². The van der Waals surface area contributed by atoms with Crippen molar-refractivity contribution in [1.82, 2.24) is 4.72 Å². The number of aromatic hydroxyl groups is 1. The fourth-order valence-electron chi connectivity index (χ4n) is 2.13. The molecule has 0 saturated heterocycles. The van der Waals surface area contributed by atoms with Gasteiger partial charge in [-0.1, -0.05) is 29.8 Å². The summed E-state index contributed by atoms with van der Waals surface area (Å²) >= 11 is 5.95. The minimum absolute atomic E-state index is 0.0222. The zero-order valence-corrected chi connectivity index (χ0v) is 12.6. The average molecular weight is 339 g/mol. The van der Waals surface area contributed by atoms with Gasteiger partial charge in [-0.3, -0.25) is 0 Å². The number of anilines is 1. The monoisotopic (exact) mass is 338 g/mol. The Morgan fingerprint density at radius 2 is 1.77 bits per heavy atom. The van der Waals surface area contributed by atoms with Gasteiger partial charge in [-0.2, -0.15) is 8.42 Å². The molecule has 0 radical (unpaired) electrons. The minimum atomic E-state index is -3.96. The van der Waals surface area contributed by atoms with Gasteiger partial charge in [-0.15, -0.1) is 0 Å². The van der Waals surface area contributed by atoms with Crippen LogP contribution >= 0.6 is 11.6 Å². The van der Waals surface area contributed by atoms with Gasteiger partial charge in [-0.25, -0.2) is 9.03 Å². The number of hydrogen-bond donors (Lipinski definition) is 3. The van der Waals surface area contributed by atoms with Gasteiger partial charge < -0.3 is 10.2 Å². The van der Waals surface area contributed by atoms with Crippen LogP contribution in [-0.2, 0) is 10.2 Å². The Labute approximate surface area is 132 Å². The van der Waals surface area contributed by atoms with E-state index in [1.165, 1.54) is 12.1 Å². The molecule has 22 heavy (non-hydrogen) atoms. The highest BCUT2D eigenvalue weighted by atomic mass is 35.5. The molecule has 3 rings (SSSR count). The molecular weight excluding hydrogens is 328 g/mol. The molecule has 0 amide bonds. The Hall–Kier alpha value is -2.38. The predicted octanol–water partition coefficient (Wildman–Crippen LogP) is 2.72. The second-order valence-electron chi connectivity index (χ2n) is 4.63. The van der Waals surface area contributed by atoms with E-state index in [0.29, 0.717) is 10.6 Å². The summed E-state index contributed by atoms with van der Waals surface area (Å²) in [4.78, 5) is 0. The fourth-order valence-corrected chi connectivity index (χ4v) is 3.38. The summed E-state index contributed by atoms with van der Waals surface area (Å²) < 4.78 is 26.5. The van der Waals surface area contributed by atoms with Crippen LogP contribution in [0, 0.1) is 0 Å². The molecule has 1 heterocycles. The lowest BCUT2D eigenvalue weighted by molar-refractivity contribution is 0.392. The number of benzene rings is 2. The van der Waals surface area contributed by atoms with E-state index in [1.807, 2.05) is 10.8 Å². The topological polar surface area (TPSA) is 89.9 Å². The van der Waals surface area contributed by atoms with E-state index in [9.17, 15) is 18.6 Å².